The summed E-state index contributed by atoms with van der Waals surface area (Å²) in [5.74, 6) is 0.713. The van der Waals surface area contributed by atoms with Crippen molar-refractivity contribution in [2.24, 2.45) is 0 Å². The van der Waals surface area contributed by atoms with Gasteiger partial charge in [-0.3, -0.25) is 0 Å². The smallest absolute Gasteiger partial charge is 0.166 e. The van der Waals surface area contributed by atoms with E-state index < -0.39 is 0 Å². The summed E-state index contributed by atoms with van der Waals surface area (Å²) >= 11 is 13.3. The van der Waals surface area contributed by atoms with Gasteiger partial charge in [-0.25, -0.2) is 0 Å². The van der Waals surface area contributed by atoms with Crippen LogP contribution in [0.1, 0.15) is 0 Å². The molecule has 0 N–H and O–H groups in total. The zero-order valence-electron chi connectivity index (χ0n) is 8.48. The number of halogens is 2. The van der Waals surface area contributed by atoms with E-state index in [1.807, 2.05) is 4.57 Å². The molecule has 2 rings (SSSR count). The average Bonchev–Trinajstić information content (AvgIpc) is 2.81. The Morgan fingerprint density at radius 2 is 2.31 bits per heavy atom. The SMILES string of the molecule is COCCn1cnnc1-c1cc(Cl)sc1Cl. The third-order valence-electron chi connectivity index (χ3n) is 2.05. The van der Waals surface area contributed by atoms with Gasteiger partial charge in [-0.05, 0) is 6.07 Å². The number of hydrogen-bond acceptors (Lipinski definition) is 4. The number of ether oxygens (including phenoxy) is 1. The van der Waals surface area contributed by atoms with Gasteiger partial charge in [0.25, 0.3) is 0 Å². The summed E-state index contributed by atoms with van der Waals surface area (Å²) in [4.78, 5) is 0. The summed E-state index contributed by atoms with van der Waals surface area (Å²) in [5, 5.41) is 7.90. The Bertz CT molecular complexity index is 483. The lowest BCUT2D eigenvalue weighted by molar-refractivity contribution is 0.187. The van der Waals surface area contributed by atoms with Gasteiger partial charge >= 0.3 is 0 Å². The van der Waals surface area contributed by atoms with E-state index in [1.165, 1.54) is 11.3 Å². The Balaban J connectivity index is 2.33. The van der Waals surface area contributed by atoms with Crippen molar-refractivity contribution in [1.82, 2.24) is 14.8 Å². The van der Waals surface area contributed by atoms with Gasteiger partial charge in [0.05, 0.1) is 16.5 Å². The number of hydrogen-bond donors (Lipinski definition) is 0. The molecule has 0 spiro atoms. The Labute approximate surface area is 107 Å². The van der Waals surface area contributed by atoms with Crippen LogP contribution in [0.15, 0.2) is 12.4 Å². The van der Waals surface area contributed by atoms with Crippen LogP contribution in [0.4, 0.5) is 0 Å². The molecule has 2 aromatic heterocycles. The van der Waals surface area contributed by atoms with Gasteiger partial charge in [0.15, 0.2) is 5.82 Å². The molecule has 0 aromatic carbocycles. The maximum Gasteiger partial charge on any atom is 0.166 e. The summed E-state index contributed by atoms with van der Waals surface area (Å²) in [7, 11) is 1.65. The first-order valence-electron chi connectivity index (χ1n) is 4.54. The molecule has 0 radical (unpaired) electrons. The molecule has 0 aliphatic carbocycles. The fraction of sp³-hybridized carbons (Fsp3) is 0.333. The predicted molar refractivity (Wildman–Crippen MR) is 65.2 cm³/mol. The minimum absolute atomic E-state index is 0.598. The Hall–Kier alpha value is -0.620. The third kappa shape index (κ3) is 2.38. The number of aromatic nitrogens is 3. The molecule has 16 heavy (non-hydrogen) atoms. The number of methoxy groups -OCH3 is 1. The molecule has 86 valence electrons. The van der Waals surface area contributed by atoms with Gasteiger partial charge in [-0.1, -0.05) is 23.2 Å². The molecule has 0 saturated heterocycles. The van der Waals surface area contributed by atoms with Crippen molar-refractivity contribution in [2.75, 3.05) is 13.7 Å². The summed E-state index contributed by atoms with van der Waals surface area (Å²) in [5.41, 5.74) is 0.810. The maximum atomic E-state index is 6.06. The third-order valence-corrected chi connectivity index (χ3v) is 3.54. The van der Waals surface area contributed by atoms with Gasteiger partial charge in [0.2, 0.25) is 0 Å². The molecule has 0 fully saturated rings. The van der Waals surface area contributed by atoms with E-state index in [0.29, 0.717) is 27.6 Å². The normalized spacial score (nSPS) is 10.9. The molecule has 0 saturated carbocycles. The van der Waals surface area contributed by atoms with Crippen LogP contribution in [0, 0.1) is 0 Å². The van der Waals surface area contributed by atoms with Gasteiger partial charge in [0, 0.05) is 13.7 Å². The first kappa shape index (κ1) is 11.9. The fourth-order valence-electron chi connectivity index (χ4n) is 1.31. The average molecular weight is 278 g/mol. The lowest BCUT2D eigenvalue weighted by Crippen LogP contribution is -2.04. The second-order valence-corrected chi connectivity index (χ2v) is 5.36. The quantitative estimate of drug-likeness (QED) is 0.863. The fourth-order valence-corrected chi connectivity index (χ4v) is 2.77. The number of rotatable bonds is 4. The number of nitrogens with zero attached hydrogens (tertiary/aromatic N) is 3. The minimum Gasteiger partial charge on any atom is -0.383 e. The highest BCUT2D eigenvalue weighted by Gasteiger charge is 2.14. The lowest BCUT2D eigenvalue weighted by Gasteiger charge is -2.04. The molecule has 4 nitrogen and oxygen atoms in total. The van der Waals surface area contributed by atoms with Crippen LogP contribution in [0.5, 0.6) is 0 Å². The molecule has 2 heterocycles. The number of thiophene rings is 1. The van der Waals surface area contributed by atoms with Gasteiger partial charge in [-0.15, -0.1) is 21.5 Å². The Morgan fingerprint density at radius 1 is 1.50 bits per heavy atom. The maximum absolute atomic E-state index is 6.06. The second kappa shape index (κ2) is 5.14. The van der Waals surface area contributed by atoms with E-state index in [9.17, 15) is 0 Å². The zero-order valence-corrected chi connectivity index (χ0v) is 10.8. The summed E-state index contributed by atoms with van der Waals surface area (Å²) in [6.45, 7) is 1.28. The van der Waals surface area contributed by atoms with Crippen LogP contribution in [-0.2, 0) is 11.3 Å². The predicted octanol–water partition coefficient (Wildman–Crippen LogP) is 2.96. The van der Waals surface area contributed by atoms with Crippen molar-refractivity contribution in [3.63, 3.8) is 0 Å². The van der Waals surface area contributed by atoms with Gasteiger partial charge < -0.3 is 9.30 Å². The van der Waals surface area contributed by atoms with Crippen LogP contribution in [0.2, 0.25) is 8.67 Å². The highest BCUT2D eigenvalue weighted by Crippen LogP contribution is 2.37. The standard InChI is InChI=1S/C9H9Cl2N3OS/c1-15-3-2-14-5-12-13-9(14)6-4-7(10)16-8(6)11/h4-5H,2-3H2,1H3. The van der Waals surface area contributed by atoms with Gasteiger partial charge in [0.1, 0.15) is 10.7 Å². The van der Waals surface area contributed by atoms with E-state index in [0.717, 1.165) is 5.56 Å². The van der Waals surface area contributed by atoms with Crippen LogP contribution < -0.4 is 0 Å². The van der Waals surface area contributed by atoms with Crippen molar-refractivity contribution < 1.29 is 4.74 Å². The Kier molecular flexibility index (Phi) is 3.81. The molecule has 0 aliphatic rings. The first-order valence-corrected chi connectivity index (χ1v) is 6.11. The zero-order chi connectivity index (χ0) is 11.5. The van der Waals surface area contributed by atoms with E-state index in [4.69, 9.17) is 27.9 Å². The van der Waals surface area contributed by atoms with E-state index in [-0.39, 0.29) is 0 Å². The highest BCUT2D eigenvalue weighted by molar-refractivity contribution is 7.20. The van der Waals surface area contributed by atoms with Crippen molar-refractivity contribution in [2.45, 2.75) is 6.54 Å². The van der Waals surface area contributed by atoms with Gasteiger partial charge in [-0.2, -0.15) is 0 Å². The van der Waals surface area contributed by atoms with Crippen LogP contribution in [0.3, 0.4) is 0 Å². The summed E-state index contributed by atoms with van der Waals surface area (Å²) in [6.07, 6.45) is 1.65. The highest BCUT2D eigenvalue weighted by atomic mass is 35.5. The molecule has 7 heteroatoms. The van der Waals surface area contributed by atoms with Crippen molar-refractivity contribution in [3.05, 3.63) is 21.1 Å². The first-order chi connectivity index (χ1) is 7.72. The molecule has 0 unspecified atom stereocenters. The molecule has 0 bridgehead atoms. The minimum atomic E-state index is 0.598. The van der Waals surface area contributed by atoms with Crippen LogP contribution in [-0.4, -0.2) is 28.5 Å². The van der Waals surface area contributed by atoms with E-state index >= 15 is 0 Å². The van der Waals surface area contributed by atoms with Crippen molar-refractivity contribution in [3.8, 4) is 11.4 Å². The molecule has 2 aromatic rings. The monoisotopic (exact) mass is 277 g/mol. The molecular formula is C9H9Cl2N3OS. The van der Waals surface area contributed by atoms with Crippen LogP contribution in [0.25, 0.3) is 11.4 Å². The van der Waals surface area contributed by atoms with Crippen molar-refractivity contribution >= 4 is 34.5 Å². The lowest BCUT2D eigenvalue weighted by atomic mass is 10.3. The van der Waals surface area contributed by atoms with Crippen LogP contribution >= 0.6 is 34.5 Å². The van der Waals surface area contributed by atoms with Crippen molar-refractivity contribution in [1.29, 1.82) is 0 Å². The Morgan fingerprint density at radius 3 is 2.94 bits per heavy atom. The molecular weight excluding hydrogens is 269 g/mol. The largest absolute Gasteiger partial charge is 0.383 e. The topological polar surface area (TPSA) is 39.9 Å². The van der Waals surface area contributed by atoms with E-state index in [1.54, 1.807) is 19.5 Å². The summed E-state index contributed by atoms with van der Waals surface area (Å²) < 4.78 is 8.15. The molecule has 0 atom stereocenters. The van der Waals surface area contributed by atoms with E-state index in [2.05, 4.69) is 10.2 Å². The summed E-state index contributed by atoms with van der Waals surface area (Å²) in [6, 6.07) is 1.79. The molecule has 0 aliphatic heterocycles. The molecule has 0 amide bonds. The second-order valence-electron chi connectivity index (χ2n) is 3.08.